The van der Waals surface area contributed by atoms with Crippen molar-refractivity contribution in [2.45, 2.75) is 44.9 Å². The van der Waals surface area contributed by atoms with Gasteiger partial charge in [-0.2, -0.15) is 0 Å². The van der Waals surface area contributed by atoms with Crippen LogP contribution >= 0.6 is 11.6 Å². The van der Waals surface area contributed by atoms with Gasteiger partial charge >= 0.3 is 0 Å². The van der Waals surface area contributed by atoms with Crippen molar-refractivity contribution >= 4 is 17.2 Å². The molecular formula is C13H19ClO. The molecule has 0 bridgehead atoms. The van der Waals surface area contributed by atoms with Crippen LogP contribution < -0.4 is 0 Å². The summed E-state index contributed by atoms with van der Waals surface area (Å²) in [4.78, 5) is 0. The van der Waals surface area contributed by atoms with Crippen LogP contribution in [0.1, 0.15) is 45.3 Å². The van der Waals surface area contributed by atoms with E-state index in [0.717, 1.165) is 18.6 Å². The molecule has 0 N–H and O–H groups in total. The lowest BCUT2D eigenvalue weighted by Crippen LogP contribution is -1.96. The van der Waals surface area contributed by atoms with Gasteiger partial charge in [0.05, 0.1) is 6.26 Å². The summed E-state index contributed by atoms with van der Waals surface area (Å²) in [5, 5.41) is 0.259. The maximum absolute atomic E-state index is 6.19. The highest BCUT2D eigenvalue weighted by molar-refractivity contribution is 6.20. The molecule has 0 aliphatic heterocycles. The molecule has 0 amide bonds. The van der Waals surface area contributed by atoms with Crippen molar-refractivity contribution in [3.63, 3.8) is 0 Å². The highest BCUT2D eigenvalue weighted by atomic mass is 35.5. The molecule has 0 radical (unpaired) electrons. The number of hydrogen-bond acceptors (Lipinski definition) is 1. The lowest BCUT2D eigenvalue weighted by Gasteiger charge is -2.05. The molecule has 1 aromatic rings. The molecule has 1 heterocycles. The molecule has 0 saturated heterocycles. The third kappa shape index (κ3) is 4.57. The number of alkyl halides is 1. The maximum atomic E-state index is 6.19. The SMILES string of the molecule is CCCCC(Cl)CC=C(C)c1ccco1. The first-order chi connectivity index (χ1) is 7.24. The van der Waals surface area contributed by atoms with Gasteiger partial charge in [-0.1, -0.05) is 25.8 Å². The number of allylic oxidation sites excluding steroid dienone is 2. The third-order valence-electron chi connectivity index (χ3n) is 2.46. The number of halogens is 1. The van der Waals surface area contributed by atoms with E-state index >= 15 is 0 Å². The summed E-state index contributed by atoms with van der Waals surface area (Å²) in [6.45, 7) is 4.25. The normalized spacial score (nSPS) is 14.2. The van der Waals surface area contributed by atoms with Gasteiger partial charge in [-0.25, -0.2) is 0 Å². The van der Waals surface area contributed by atoms with Gasteiger partial charge in [-0.15, -0.1) is 11.6 Å². The first-order valence-electron chi connectivity index (χ1n) is 5.58. The highest BCUT2D eigenvalue weighted by Gasteiger charge is 2.03. The molecule has 84 valence electrons. The van der Waals surface area contributed by atoms with E-state index in [-0.39, 0.29) is 5.38 Å². The first-order valence-corrected chi connectivity index (χ1v) is 6.02. The average Bonchev–Trinajstić information content (AvgIpc) is 2.76. The fourth-order valence-electron chi connectivity index (χ4n) is 1.45. The zero-order valence-corrected chi connectivity index (χ0v) is 10.3. The molecule has 1 aromatic heterocycles. The fraction of sp³-hybridized carbons (Fsp3) is 0.538. The van der Waals surface area contributed by atoms with E-state index in [2.05, 4.69) is 19.9 Å². The van der Waals surface area contributed by atoms with Crippen molar-refractivity contribution in [3.05, 3.63) is 30.2 Å². The highest BCUT2D eigenvalue weighted by Crippen LogP contribution is 2.18. The Bertz CT molecular complexity index is 287. The van der Waals surface area contributed by atoms with Crippen molar-refractivity contribution in [3.8, 4) is 0 Å². The quantitative estimate of drug-likeness (QED) is 0.631. The van der Waals surface area contributed by atoms with Crippen LogP contribution in [0.3, 0.4) is 0 Å². The van der Waals surface area contributed by atoms with Gasteiger partial charge in [0.15, 0.2) is 0 Å². The Labute approximate surface area is 97.1 Å². The second-order valence-electron chi connectivity index (χ2n) is 3.84. The summed E-state index contributed by atoms with van der Waals surface area (Å²) in [6, 6.07) is 3.88. The zero-order valence-electron chi connectivity index (χ0n) is 9.50. The summed E-state index contributed by atoms with van der Waals surface area (Å²) < 4.78 is 5.30. The molecule has 1 rings (SSSR count). The third-order valence-corrected chi connectivity index (χ3v) is 2.86. The number of furan rings is 1. The van der Waals surface area contributed by atoms with Gasteiger partial charge in [-0.3, -0.25) is 0 Å². The van der Waals surface area contributed by atoms with Crippen molar-refractivity contribution < 1.29 is 4.42 Å². The van der Waals surface area contributed by atoms with E-state index < -0.39 is 0 Å². The van der Waals surface area contributed by atoms with Gasteiger partial charge in [0.25, 0.3) is 0 Å². The summed E-state index contributed by atoms with van der Waals surface area (Å²) in [6.07, 6.45) is 8.30. The first kappa shape index (κ1) is 12.4. The van der Waals surface area contributed by atoms with Crippen LogP contribution in [0.2, 0.25) is 0 Å². The fourth-order valence-corrected chi connectivity index (χ4v) is 1.70. The Kier molecular flexibility index (Phi) is 5.56. The van der Waals surface area contributed by atoms with Gasteiger partial charge in [0.2, 0.25) is 0 Å². The van der Waals surface area contributed by atoms with Gasteiger partial charge in [0, 0.05) is 5.38 Å². The molecule has 1 unspecified atom stereocenters. The summed E-state index contributed by atoms with van der Waals surface area (Å²) in [5.41, 5.74) is 1.17. The monoisotopic (exact) mass is 226 g/mol. The molecule has 15 heavy (non-hydrogen) atoms. The Morgan fingerprint density at radius 1 is 1.60 bits per heavy atom. The lowest BCUT2D eigenvalue weighted by atomic mass is 10.1. The summed E-state index contributed by atoms with van der Waals surface area (Å²) >= 11 is 6.19. The van der Waals surface area contributed by atoms with Crippen molar-refractivity contribution in [1.29, 1.82) is 0 Å². The minimum Gasteiger partial charge on any atom is -0.465 e. The Morgan fingerprint density at radius 2 is 2.40 bits per heavy atom. The van der Waals surface area contributed by atoms with Gasteiger partial charge in [0.1, 0.15) is 5.76 Å². The van der Waals surface area contributed by atoms with Crippen LogP contribution in [0.5, 0.6) is 0 Å². The largest absolute Gasteiger partial charge is 0.465 e. The molecule has 0 aromatic carbocycles. The van der Waals surface area contributed by atoms with Crippen LogP contribution in [0.4, 0.5) is 0 Å². The molecule has 0 fully saturated rings. The van der Waals surface area contributed by atoms with E-state index in [4.69, 9.17) is 16.0 Å². The molecule has 1 nitrogen and oxygen atoms in total. The Morgan fingerprint density at radius 3 is 3.00 bits per heavy atom. The van der Waals surface area contributed by atoms with Crippen LogP contribution in [-0.4, -0.2) is 5.38 Å². The molecular weight excluding hydrogens is 208 g/mol. The molecule has 0 saturated carbocycles. The second kappa shape index (κ2) is 6.73. The standard InChI is InChI=1S/C13H19ClO/c1-3-4-6-12(14)9-8-11(2)13-7-5-10-15-13/h5,7-8,10,12H,3-4,6,9H2,1-2H3. The van der Waals surface area contributed by atoms with Crippen molar-refractivity contribution in [1.82, 2.24) is 0 Å². The number of hydrogen-bond donors (Lipinski definition) is 0. The van der Waals surface area contributed by atoms with Gasteiger partial charge < -0.3 is 4.42 Å². The smallest absolute Gasteiger partial charge is 0.129 e. The van der Waals surface area contributed by atoms with Gasteiger partial charge in [-0.05, 0) is 37.5 Å². The van der Waals surface area contributed by atoms with E-state index in [1.165, 1.54) is 18.4 Å². The lowest BCUT2D eigenvalue weighted by molar-refractivity contribution is 0.552. The molecule has 0 aliphatic rings. The minimum absolute atomic E-state index is 0.259. The molecule has 2 heteroatoms. The Balaban J connectivity index is 2.37. The minimum atomic E-state index is 0.259. The second-order valence-corrected chi connectivity index (χ2v) is 4.46. The molecule has 0 spiro atoms. The predicted molar refractivity (Wildman–Crippen MR) is 66.1 cm³/mol. The van der Waals surface area contributed by atoms with Crippen LogP contribution in [-0.2, 0) is 0 Å². The average molecular weight is 227 g/mol. The van der Waals surface area contributed by atoms with E-state index in [0.29, 0.717) is 0 Å². The Hall–Kier alpha value is -0.690. The molecule has 1 atom stereocenters. The van der Waals surface area contributed by atoms with Crippen molar-refractivity contribution in [2.75, 3.05) is 0 Å². The zero-order chi connectivity index (χ0) is 11.1. The topological polar surface area (TPSA) is 13.1 Å². The van der Waals surface area contributed by atoms with E-state index in [1.807, 2.05) is 12.1 Å². The number of rotatable bonds is 6. The van der Waals surface area contributed by atoms with E-state index in [1.54, 1.807) is 6.26 Å². The summed E-state index contributed by atoms with van der Waals surface area (Å²) in [7, 11) is 0. The maximum Gasteiger partial charge on any atom is 0.129 e. The van der Waals surface area contributed by atoms with E-state index in [9.17, 15) is 0 Å². The number of unbranched alkanes of at least 4 members (excludes halogenated alkanes) is 1. The van der Waals surface area contributed by atoms with Crippen molar-refractivity contribution in [2.24, 2.45) is 0 Å². The molecule has 0 aliphatic carbocycles. The van der Waals surface area contributed by atoms with Crippen LogP contribution in [0.15, 0.2) is 28.9 Å². The van der Waals surface area contributed by atoms with Crippen LogP contribution in [0.25, 0.3) is 5.57 Å². The van der Waals surface area contributed by atoms with Crippen LogP contribution in [0, 0.1) is 0 Å². The predicted octanol–water partition coefficient (Wildman–Crippen LogP) is 4.87. The summed E-state index contributed by atoms with van der Waals surface area (Å²) in [5.74, 6) is 0.939.